The van der Waals surface area contributed by atoms with Crippen molar-refractivity contribution < 1.29 is 53.8 Å². The van der Waals surface area contributed by atoms with Gasteiger partial charge in [-0.1, -0.05) is 20.8 Å². The average molecular weight is 440 g/mol. The lowest BCUT2D eigenvalue weighted by Crippen LogP contribution is -2.67. The van der Waals surface area contributed by atoms with Crippen LogP contribution in [0.25, 0.3) is 0 Å². The first kappa shape index (κ1) is 19.9. The minimum Gasteiger partial charge on any atom is -0.456 e. The molecule has 2 aliphatic carbocycles. The van der Waals surface area contributed by atoms with Gasteiger partial charge in [-0.3, -0.25) is 4.79 Å². The molecule has 170 valence electrons. The first-order chi connectivity index (χ1) is 14.3. The van der Waals surface area contributed by atoms with Crippen LogP contribution in [-0.4, -0.2) is 86.3 Å². The molecule has 12 atom stereocenters. The van der Waals surface area contributed by atoms with Gasteiger partial charge >= 0.3 is 17.9 Å². The number of hydrogen-bond acceptors (Lipinski definition) is 11. The second-order valence-corrected chi connectivity index (χ2v) is 10.8. The normalized spacial score (nSPS) is 61.0. The number of carbonyl (C=O) groups is 3. The largest absolute Gasteiger partial charge is 0.456 e. The average Bonchev–Trinajstić information content (AvgIpc) is 3.35. The van der Waals surface area contributed by atoms with E-state index in [0.29, 0.717) is 0 Å². The number of fused-ring (bicyclic) bond motifs is 1. The first-order valence-electron chi connectivity index (χ1n) is 10.3. The van der Waals surface area contributed by atoms with Gasteiger partial charge in [0, 0.05) is 5.92 Å². The second-order valence-electron chi connectivity index (χ2n) is 10.8. The molecule has 2 saturated carbocycles. The molecule has 4 N–H and O–H groups in total. The number of carbonyl (C=O) groups excluding carboxylic acids is 3. The number of esters is 3. The van der Waals surface area contributed by atoms with Gasteiger partial charge in [-0.2, -0.15) is 0 Å². The van der Waals surface area contributed by atoms with Crippen molar-refractivity contribution in [3.05, 3.63) is 0 Å². The van der Waals surface area contributed by atoms with E-state index >= 15 is 0 Å². The maximum absolute atomic E-state index is 13.4. The molecule has 0 unspecified atom stereocenters. The van der Waals surface area contributed by atoms with E-state index in [1.54, 1.807) is 20.8 Å². The fourth-order valence-corrected chi connectivity index (χ4v) is 8.27. The number of aliphatic hydroxyl groups is 4. The molecule has 11 heteroatoms. The third-order valence-corrected chi connectivity index (χ3v) is 8.95. The number of rotatable bonds is 0. The third-order valence-electron chi connectivity index (χ3n) is 8.95. The third kappa shape index (κ3) is 1.43. The summed E-state index contributed by atoms with van der Waals surface area (Å²) in [5.74, 6) is -5.22. The highest BCUT2D eigenvalue weighted by Gasteiger charge is 3.05. The van der Waals surface area contributed by atoms with Crippen molar-refractivity contribution in [2.45, 2.75) is 75.7 Å². The summed E-state index contributed by atoms with van der Waals surface area (Å²) < 4.78 is 22.2. The summed E-state index contributed by atoms with van der Waals surface area (Å²) in [5, 5.41) is 46.1. The number of aliphatic hydroxyl groups excluding tert-OH is 3. The van der Waals surface area contributed by atoms with Crippen LogP contribution in [0.4, 0.5) is 0 Å². The quantitative estimate of drug-likeness (QED) is 0.234. The molecule has 6 fully saturated rings. The van der Waals surface area contributed by atoms with Crippen LogP contribution in [0.15, 0.2) is 0 Å². The summed E-state index contributed by atoms with van der Waals surface area (Å²) in [6, 6.07) is 0. The van der Waals surface area contributed by atoms with Gasteiger partial charge in [0.05, 0.1) is 22.9 Å². The molecular weight excluding hydrogens is 416 g/mol. The topological polar surface area (TPSA) is 169 Å². The lowest BCUT2D eigenvalue weighted by Gasteiger charge is -2.47. The zero-order valence-corrected chi connectivity index (χ0v) is 17.3. The Hall–Kier alpha value is -1.79. The van der Waals surface area contributed by atoms with Crippen molar-refractivity contribution >= 4 is 17.9 Å². The van der Waals surface area contributed by atoms with Crippen LogP contribution < -0.4 is 0 Å². The highest BCUT2D eigenvalue weighted by Crippen LogP contribution is 2.84. The Kier molecular flexibility index (Phi) is 3.15. The molecule has 0 aromatic heterocycles. The van der Waals surface area contributed by atoms with E-state index in [2.05, 4.69) is 0 Å². The van der Waals surface area contributed by atoms with Crippen LogP contribution >= 0.6 is 0 Å². The van der Waals surface area contributed by atoms with Gasteiger partial charge in [-0.15, -0.1) is 0 Å². The van der Waals surface area contributed by atoms with Crippen molar-refractivity contribution in [2.75, 3.05) is 0 Å². The molecule has 4 heterocycles. The van der Waals surface area contributed by atoms with Crippen molar-refractivity contribution in [1.82, 2.24) is 0 Å². The van der Waals surface area contributed by atoms with Crippen LogP contribution in [0.5, 0.6) is 0 Å². The minimum absolute atomic E-state index is 0.792. The van der Waals surface area contributed by atoms with Gasteiger partial charge in [0.25, 0.3) is 0 Å². The Bertz CT molecular complexity index is 957. The Morgan fingerprint density at radius 1 is 0.935 bits per heavy atom. The molecule has 4 saturated heterocycles. The molecule has 0 amide bonds. The van der Waals surface area contributed by atoms with E-state index in [1.807, 2.05) is 0 Å². The van der Waals surface area contributed by atoms with Gasteiger partial charge < -0.3 is 39.4 Å². The molecule has 0 aromatic rings. The van der Waals surface area contributed by atoms with Gasteiger partial charge in [0.1, 0.15) is 12.2 Å². The lowest BCUT2D eigenvalue weighted by molar-refractivity contribution is -0.240. The molecular formula is C20H24O11. The fraction of sp³-hybridized carbons (Fsp3) is 0.850. The minimum atomic E-state index is -2.40. The Morgan fingerprint density at radius 3 is 2.19 bits per heavy atom. The lowest BCUT2D eigenvalue weighted by atomic mass is 9.51. The highest BCUT2D eigenvalue weighted by molar-refractivity contribution is 5.94. The zero-order valence-electron chi connectivity index (χ0n) is 17.3. The molecule has 6 rings (SSSR count). The molecule has 0 radical (unpaired) electrons. The maximum atomic E-state index is 13.4. The molecule has 0 bridgehead atoms. The van der Waals surface area contributed by atoms with E-state index < -0.39 is 94.0 Å². The monoisotopic (exact) mass is 440 g/mol. The van der Waals surface area contributed by atoms with Crippen molar-refractivity contribution in [3.63, 3.8) is 0 Å². The predicted octanol–water partition coefficient (Wildman–Crippen LogP) is -2.40. The van der Waals surface area contributed by atoms with E-state index in [0.717, 1.165) is 0 Å². The van der Waals surface area contributed by atoms with Crippen LogP contribution in [0.2, 0.25) is 0 Å². The molecule has 2 spiro atoms. The van der Waals surface area contributed by atoms with E-state index in [4.69, 9.17) is 18.9 Å². The Balaban J connectivity index is 1.75. The molecule has 0 aromatic carbocycles. The van der Waals surface area contributed by atoms with Gasteiger partial charge in [-0.05, 0) is 12.3 Å². The maximum Gasteiger partial charge on any atom is 0.343 e. The van der Waals surface area contributed by atoms with E-state index in [-0.39, 0.29) is 0 Å². The zero-order chi connectivity index (χ0) is 22.7. The smallest absolute Gasteiger partial charge is 0.343 e. The summed E-state index contributed by atoms with van der Waals surface area (Å²) in [4.78, 5) is 38.3. The van der Waals surface area contributed by atoms with Crippen molar-refractivity contribution in [1.29, 1.82) is 0 Å². The summed E-state index contributed by atoms with van der Waals surface area (Å²) >= 11 is 0. The Morgan fingerprint density at radius 2 is 1.58 bits per heavy atom. The number of hydrogen-bond donors (Lipinski definition) is 4. The van der Waals surface area contributed by atoms with Crippen molar-refractivity contribution in [3.8, 4) is 0 Å². The SMILES string of the molecule is C[C@H]1C(=O)O[C@H]2[C@H](O)[C@]34[C@@H]5OC(=O)[C@]3(O[C@@H]3OC(=O)[C@H](O)[C@@]34[C@H](C(C)(C)C)[C@H]5O)[C@]12O. The van der Waals surface area contributed by atoms with E-state index in [1.165, 1.54) is 6.92 Å². The van der Waals surface area contributed by atoms with Gasteiger partial charge in [0.15, 0.2) is 17.8 Å². The summed E-state index contributed by atoms with van der Waals surface area (Å²) in [6.07, 6.45) is -9.69. The summed E-state index contributed by atoms with van der Waals surface area (Å²) in [6.45, 7) is 6.63. The highest BCUT2D eigenvalue weighted by atomic mass is 16.8. The molecule has 11 nitrogen and oxygen atoms in total. The molecule has 31 heavy (non-hydrogen) atoms. The second kappa shape index (κ2) is 4.91. The summed E-state index contributed by atoms with van der Waals surface area (Å²) in [5.41, 5.74) is -9.40. The Labute approximate surface area is 176 Å². The molecule has 6 aliphatic rings. The van der Waals surface area contributed by atoms with Gasteiger partial charge in [-0.25, -0.2) is 9.59 Å². The first-order valence-corrected chi connectivity index (χ1v) is 10.3. The molecule has 4 aliphatic heterocycles. The van der Waals surface area contributed by atoms with Crippen LogP contribution in [0.3, 0.4) is 0 Å². The van der Waals surface area contributed by atoms with Gasteiger partial charge in [0.2, 0.25) is 11.9 Å². The fourth-order valence-electron chi connectivity index (χ4n) is 8.27. The van der Waals surface area contributed by atoms with Crippen LogP contribution in [-0.2, 0) is 33.3 Å². The van der Waals surface area contributed by atoms with Crippen LogP contribution in [0, 0.1) is 28.1 Å². The van der Waals surface area contributed by atoms with E-state index in [9.17, 15) is 34.8 Å². The summed E-state index contributed by atoms with van der Waals surface area (Å²) in [7, 11) is 0. The van der Waals surface area contributed by atoms with Crippen molar-refractivity contribution in [2.24, 2.45) is 28.1 Å². The van der Waals surface area contributed by atoms with Crippen LogP contribution in [0.1, 0.15) is 27.7 Å². The predicted molar refractivity (Wildman–Crippen MR) is 93.4 cm³/mol. The standard InChI is InChI=1S/C20H24O11/c1-5-12(24)28-11-8(22)18-10-6(21)7(16(2,3)4)17(18)9(23)13(25)30-15(17)31-20(18,14(26)29-10)19(5,11)27/h5-11,15,21-23,27H,1-4H3/t5-,6+,7-,8-,9-,10+,11-,15-,17-,18+,19-,20+/m0/s1. The number of ether oxygens (including phenoxy) is 4.